The van der Waals surface area contributed by atoms with Crippen molar-refractivity contribution in [2.75, 3.05) is 0 Å². The molecule has 0 spiro atoms. The zero-order chi connectivity index (χ0) is 13.7. The Morgan fingerprint density at radius 1 is 1.21 bits per heavy atom. The second-order valence-corrected chi connectivity index (χ2v) is 6.37. The summed E-state index contributed by atoms with van der Waals surface area (Å²) in [7, 11) is 0. The third kappa shape index (κ3) is 4.37. The smallest absolute Gasteiger partial charge is 0.0451 e. The lowest BCUT2D eigenvalue weighted by Gasteiger charge is -2.30. The number of benzene rings is 1. The van der Waals surface area contributed by atoms with Gasteiger partial charge in [0.25, 0.3) is 0 Å². The van der Waals surface area contributed by atoms with E-state index in [-0.39, 0.29) is 0 Å². The van der Waals surface area contributed by atoms with Crippen LogP contribution in [0.2, 0.25) is 10.0 Å². The molecule has 1 saturated carbocycles. The highest BCUT2D eigenvalue weighted by Crippen LogP contribution is 2.28. The van der Waals surface area contributed by atoms with E-state index in [0.29, 0.717) is 6.04 Å². The van der Waals surface area contributed by atoms with E-state index in [1.54, 1.807) is 0 Å². The molecule has 1 aliphatic rings. The van der Waals surface area contributed by atoms with Crippen LogP contribution in [0.3, 0.4) is 0 Å². The first-order chi connectivity index (χ1) is 9.20. The Morgan fingerprint density at radius 2 is 1.95 bits per heavy atom. The van der Waals surface area contributed by atoms with Crippen molar-refractivity contribution in [2.45, 2.75) is 58.0 Å². The minimum absolute atomic E-state index is 0.607. The van der Waals surface area contributed by atoms with Gasteiger partial charge in [-0.25, -0.2) is 0 Å². The standard InChI is InChI=1S/C16H23Cl2N/c1-2-16(12-6-4-3-5-7-12)19-11-13-10-14(17)8-9-15(13)18/h8-10,12,16,19H,2-7,11H2,1H3. The molecule has 0 aromatic heterocycles. The predicted molar refractivity (Wildman–Crippen MR) is 84.0 cm³/mol. The van der Waals surface area contributed by atoms with Crippen LogP contribution in [0.1, 0.15) is 51.0 Å². The van der Waals surface area contributed by atoms with Gasteiger partial charge in [-0.1, -0.05) is 49.4 Å². The topological polar surface area (TPSA) is 12.0 Å². The van der Waals surface area contributed by atoms with Gasteiger partial charge in [0.05, 0.1) is 0 Å². The minimum Gasteiger partial charge on any atom is -0.310 e. The first-order valence-electron chi connectivity index (χ1n) is 7.38. The molecule has 1 aromatic rings. The molecule has 0 amide bonds. The van der Waals surface area contributed by atoms with Crippen LogP contribution < -0.4 is 5.32 Å². The van der Waals surface area contributed by atoms with Crippen LogP contribution in [-0.2, 0) is 6.54 Å². The molecule has 1 atom stereocenters. The summed E-state index contributed by atoms with van der Waals surface area (Å²) >= 11 is 12.2. The lowest BCUT2D eigenvalue weighted by Crippen LogP contribution is -2.36. The molecule has 0 aliphatic heterocycles. The van der Waals surface area contributed by atoms with Crippen LogP contribution in [-0.4, -0.2) is 6.04 Å². The van der Waals surface area contributed by atoms with Gasteiger partial charge in [-0.15, -0.1) is 0 Å². The minimum atomic E-state index is 0.607. The van der Waals surface area contributed by atoms with Gasteiger partial charge in [0.15, 0.2) is 0 Å². The second kappa shape index (κ2) is 7.52. The molecule has 0 saturated heterocycles. The molecule has 1 nitrogen and oxygen atoms in total. The fourth-order valence-electron chi connectivity index (χ4n) is 3.10. The highest BCUT2D eigenvalue weighted by Gasteiger charge is 2.21. The lowest BCUT2D eigenvalue weighted by atomic mass is 9.83. The van der Waals surface area contributed by atoms with E-state index in [1.807, 2.05) is 18.2 Å². The van der Waals surface area contributed by atoms with Crippen molar-refractivity contribution >= 4 is 23.2 Å². The normalized spacial score (nSPS) is 18.5. The summed E-state index contributed by atoms with van der Waals surface area (Å²) in [6.07, 6.45) is 8.11. The first kappa shape index (κ1) is 15.2. The largest absolute Gasteiger partial charge is 0.310 e. The van der Waals surface area contributed by atoms with E-state index in [1.165, 1.54) is 38.5 Å². The van der Waals surface area contributed by atoms with E-state index in [4.69, 9.17) is 23.2 Å². The van der Waals surface area contributed by atoms with Gasteiger partial charge in [0, 0.05) is 22.6 Å². The van der Waals surface area contributed by atoms with Gasteiger partial charge < -0.3 is 5.32 Å². The maximum Gasteiger partial charge on any atom is 0.0451 e. The van der Waals surface area contributed by atoms with Gasteiger partial charge in [-0.05, 0) is 48.9 Å². The number of halogens is 2. The molecule has 1 aliphatic carbocycles. The van der Waals surface area contributed by atoms with Crippen molar-refractivity contribution in [3.05, 3.63) is 33.8 Å². The summed E-state index contributed by atoms with van der Waals surface area (Å²) in [5.41, 5.74) is 1.10. The summed E-state index contributed by atoms with van der Waals surface area (Å²) in [6, 6.07) is 6.29. The number of rotatable bonds is 5. The van der Waals surface area contributed by atoms with Crippen LogP contribution in [0.15, 0.2) is 18.2 Å². The van der Waals surface area contributed by atoms with Crippen molar-refractivity contribution in [3.63, 3.8) is 0 Å². The number of nitrogens with one attached hydrogen (secondary N) is 1. The third-order valence-corrected chi connectivity index (χ3v) is 4.82. The summed E-state index contributed by atoms with van der Waals surface area (Å²) < 4.78 is 0. The Kier molecular flexibility index (Phi) is 6.00. The van der Waals surface area contributed by atoms with E-state index in [9.17, 15) is 0 Å². The molecular weight excluding hydrogens is 277 g/mol. The Bertz CT molecular complexity index is 400. The predicted octanol–water partition coefficient (Wildman–Crippen LogP) is 5.44. The average Bonchev–Trinajstić information content (AvgIpc) is 2.44. The van der Waals surface area contributed by atoms with E-state index >= 15 is 0 Å². The monoisotopic (exact) mass is 299 g/mol. The maximum atomic E-state index is 6.21. The third-order valence-electron chi connectivity index (χ3n) is 4.22. The molecule has 3 heteroatoms. The Balaban J connectivity index is 1.93. The molecule has 1 fully saturated rings. The van der Waals surface area contributed by atoms with Crippen molar-refractivity contribution in [3.8, 4) is 0 Å². The average molecular weight is 300 g/mol. The summed E-state index contributed by atoms with van der Waals surface area (Å²) in [6.45, 7) is 3.08. The SMILES string of the molecule is CCC(NCc1cc(Cl)ccc1Cl)C1CCCCC1. The van der Waals surface area contributed by atoms with Gasteiger partial charge in [0.1, 0.15) is 0 Å². The highest BCUT2D eigenvalue weighted by molar-refractivity contribution is 6.33. The van der Waals surface area contributed by atoms with Crippen LogP contribution in [0.25, 0.3) is 0 Å². The second-order valence-electron chi connectivity index (χ2n) is 5.53. The van der Waals surface area contributed by atoms with Crippen molar-refractivity contribution in [1.29, 1.82) is 0 Å². The molecule has 0 bridgehead atoms. The van der Waals surface area contributed by atoms with E-state index in [2.05, 4.69) is 12.2 Å². The Hall–Kier alpha value is -0.240. The molecule has 106 valence electrons. The van der Waals surface area contributed by atoms with E-state index in [0.717, 1.165) is 28.1 Å². The zero-order valence-electron chi connectivity index (χ0n) is 11.6. The van der Waals surface area contributed by atoms with E-state index < -0.39 is 0 Å². The van der Waals surface area contributed by atoms with Gasteiger partial charge in [-0.3, -0.25) is 0 Å². The fraction of sp³-hybridized carbons (Fsp3) is 0.625. The van der Waals surface area contributed by atoms with Gasteiger partial charge >= 0.3 is 0 Å². The Morgan fingerprint density at radius 3 is 2.63 bits per heavy atom. The quantitative estimate of drug-likeness (QED) is 0.763. The fourth-order valence-corrected chi connectivity index (χ4v) is 3.48. The van der Waals surface area contributed by atoms with Crippen LogP contribution in [0.5, 0.6) is 0 Å². The molecule has 19 heavy (non-hydrogen) atoms. The molecule has 1 N–H and O–H groups in total. The van der Waals surface area contributed by atoms with Crippen LogP contribution >= 0.6 is 23.2 Å². The summed E-state index contributed by atoms with van der Waals surface area (Å²) in [5.74, 6) is 0.830. The molecule has 0 radical (unpaired) electrons. The molecule has 2 rings (SSSR count). The van der Waals surface area contributed by atoms with Gasteiger partial charge in [-0.2, -0.15) is 0 Å². The number of hydrogen-bond acceptors (Lipinski definition) is 1. The summed E-state index contributed by atoms with van der Waals surface area (Å²) in [5, 5.41) is 5.24. The van der Waals surface area contributed by atoms with Crippen molar-refractivity contribution in [1.82, 2.24) is 5.32 Å². The lowest BCUT2D eigenvalue weighted by molar-refractivity contribution is 0.262. The Labute approximate surface area is 126 Å². The number of hydrogen-bond donors (Lipinski definition) is 1. The molecule has 1 aromatic carbocycles. The van der Waals surface area contributed by atoms with Gasteiger partial charge in [0.2, 0.25) is 0 Å². The van der Waals surface area contributed by atoms with Crippen LogP contribution in [0, 0.1) is 5.92 Å². The molecule has 0 heterocycles. The molecular formula is C16H23Cl2N. The highest BCUT2D eigenvalue weighted by atomic mass is 35.5. The zero-order valence-corrected chi connectivity index (χ0v) is 13.1. The van der Waals surface area contributed by atoms with Crippen LogP contribution in [0.4, 0.5) is 0 Å². The first-order valence-corrected chi connectivity index (χ1v) is 8.13. The van der Waals surface area contributed by atoms with Crippen molar-refractivity contribution < 1.29 is 0 Å². The summed E-state index contributed by atoms with van der Waals surface area (Å²) in [4.78, 5) is 0. The van der Waals surface area contributed by atoms with Crippen molar-refractivity contribution in [2.24, 2.45) is 5.92 Å². The maximum absolute atomic E-state index is 6.21. The molecule has 1 unspecified atom stereocenters.